The summed E-state index contributed by atoms with van der Waals surface area (Å²) in [6, 6.07) is -0.636. The lowest BCUT2D eigenvalue weighted by molar-refractivity contribution is -0.211. The number of rotatable bonds is 1. The van der Waals surface area contributed by atoms with Gasteiger partial charge in [-0.3, -0.25) is 0 Å². The molecule has 5 nitrogen and oxygen atoms in total. The Kier molecular flexibility index (Phi) is 3.73. The molecule has 1 rings (SSSR count). The fraction of sp³-hybridized carbons (Fsp3) is 1.00. The largest absolute Gasteiger partial charge is 0.394 e. The van der Waals surface area contributed by atoms with Crippen LogP contribution in [0.2, 0.25) is 0 Å². The summed E-state index contributed by atoms with van der Waals surface area (Å²) in [5, 5.41) is 28.3. The molecule has 0 amide bonds. The zero-order valence-electron chi connectivity index (χ0n) is 9.42. The molecular weight excluding hydrogens is 198 g/mol. The molecule has 1 aliphatic rings. The zero-order chi connectivity index (χ0) is 11.8. The average Bonchev–Trinajstić information content (AvgIpc) is 2.13. The average molecular weight is 219 g/mol. The highest BCUT2D eigenvalue weighted by Gasteiger charge is 2.46. The number of nitrogens with two attached hydrogens (primary N) is 1. The molecule has 0 aromatic heterocycles. The number of hydrogen-bond acceptors (Lipinski definition) is 5. The van der Waals surface area contributed by atoms with Crippen molar-refractivity contribution in [3.05, 3.63) is 0 Å². The van der Waals surface area contributed by atoms with Gasteiger partial charge in [0.25, 0.3) is 0 Å². The van der Waals surface area contributed by atoms with E-state index >= 15 is 0 Å². The lowest BCUT2D eigenvalue weighted by atomic mass is 9.79. The van der Waals surface area contributed by atoms with Gasteiger partial charge in [0.2, 0.25) is 0 Å². The quantitative estimate of drug-likeness (QED) is 0.446. The highest BCUT2D eigenvalue weighted by atomic mass is 16.5. The summed E-state index contributed by atoms with van der Waals surface area (Å²) in [4.78, 5) is 0. The number of aliphatic hydroxyl groups excluding tert-OH is 3. The fourth-order valence-corrected chi connectivity index (χ4v) is 1.92. The van der Waals surface area contributed by atoms with Crippen LogP contribution in [0.4, 0.5) is 0 Å². The first-order valence-corrected chi connectivity index (χ1v) is 5.17. The Morgan fingerprint density at radius 1 is 1.20 bits per heavy atom. The standard InChI is InChI=1S/C10H21NO4/c1-10(2,3)9-6(11)8(14)7(13)5(4-12)15-9/h5-9,12-14H,4,11H2,1-3H3/t5?,6-,7+,8?,9-/m1/s1. The first kappa shape index (κ1) is 12.9. The van der Waals surface area contributed by atoms with E-state index in [1.807, 2.05) is 20.8 Å². The van der Waals surface area contributed by atoms with E-state index < -0.39 is 24.4 Å². The monoisotopic (exact) mass is 219 g/mol. The lowest BCUT2D eigenvalue weighted by Crippen LogP contribution is -2.64. The van der Waals surface area contributed by atoms with Crippen molar-refractivity contribution in [1.82, 2.24) is 0 Å². The molecule has 0 spiro atoms. The third-order valence-electron chi connectivity index (χ3n) is 2.83. The molecule has 5 N–H and O–H groups in total. The molecule has 0 radical (unpaired) electrons. The van der Waals surface area contributed by atoms with E-state index in [0.29, 0.717) is 0 Å². The molecule has 90 valence electrons. The second-order valence-electron chi connectivity index (χ2n) is 5.20. The summed E-state index contributed by atoms with van der Waals surface area (Å²) in [6.45, 7) is 5.50. The maximum atomic E-state index is 9.72. The third-order valence-corrected chi connectivity index (χ3v) is 2.83. The van der Waals surface area contributed by atoms with E-state index in [9.17, 15) is 10.2 Å². The van der Waals surface area contributed by atoms with Crippen LogP contribution in [0.1, 0.15) is 20.8 Å². The molecular formula is C10H21NO4. The van der Waals surface area contributed by atoms with Crippen molar-refractivity contribution in [3.63, 3.8) is 0 Å². The van der Waals surface area contributed by atoms with Crippen LogP contribution in [0.3, 0.4) is 0 Å². The minimum absolute atomic E-state index is 0.242. The van der Waals surface area contributed by atoms with Gasteiger partial charge in [0.1, 0.15) is 18.3 Å². The van der Waals surface area contributed by atoms with Crippen molar-refractivity contribution in [3.8, 4) is 0 Å². The van der Waals surface area contributed by atoms with Gasteiger partial charge in [-0.25, -0.2) is 0 Å². The van der Waals surface area contributed by atoms with Crippen LogP contribution < -0.4 is 5.73 Å². The Hall–Kier alpha value is -0.200. The Labute approximate surface area is 89.9 Å². The van der Waals surface area contributed by atoms with E-state index in [2.05, 4.69) is 0 Å². The van der Waals surface area contributed by atoms with Crippen LogP contribution >= 0.6 is 0 Å². The summed E-state index contributed by atoms with van der Waals surface area (Å²) in [6.07, 6.45) is -3.32. The van der Waals surface area contributed by atoms with Crippen molar-refractivity contribution in [2.45, 2.75) is 51.2 Å². The first-order valence-electron chi connectivity index (χ1n) is 5.17. The lowest BCUT2D eigenvalue weighted by Gasteiger charge is -2.46. The molecule has 1 aliphatic heterocycles. The van der Waals surface area contributed by atoms with Crippen molar-refractivity contribution in [2.75, 3.05) is 6.61 Å². The van der Waals surface area contributed by atoms with E-state index in [1.54, 1.807) is 0 Å². The van der Waals surface area contributed by atoms with Crippen molar-refractivity contribution < 1.29 is 20.1 Å². The Morgan fingerprint density at radius 2 is 1.73 bits per heavy atom. The highest BCUT2D eigenvalue weighted by molar-refractivity contribution is 4.98. The molecule has 1 fully saturated rings. The molecule has 5 atom stereocenters. The van der Waals surface area contributed by atoms with Crippen LogP contribution in [-0.2, 0) is 4.74 Å². The van der Waals surface area contributed by atoms with Gasteiger partial charge >= 0.3 is 0 Å². The molecule has 5 heteroatoms. The van der Waals surface area contributed by atoms with Crippen LogP contribution in [0.15, 0.2) is 0 Å². The molecule has 1 heterocycles. The Morgan fingerprint density at radius 3 is 2.13 bits per heavy atom. The zero-order valence-corrected chi connectivity index (χ0v) is 9.42. The summed E-state index contributed by atoms with van der Waals surface area (Å²) in [7, 11) is 0. The van der Waals surface area contributed by atoms with Crippen LogP contribution in [0, 0.1) is 5.41 Å². The molecule has 0 bridgehead atoms. The van der Waals surface area contributed by atoms with Crippen LogP contribution in [0.5, 0.6) is 0 Å². The summed E-state index contributed by atoms with van der Waals surface area (Å²) < 4.78 is 5.51. The molecule has 0 aromatic carbocycles. The molecule has 15 heavy (non-hydrogen) atoms. The molecule has 2 unspecified atom stereocenters. The predicted octanol–water partition coefficient (Wildman–Crippen LogP) is -1.16. The van der Waals surface area contributed by atoms with Gasteiger partial charge in [0.15, 0.2) is 0 Å². The van der Waals surface area contributed by atoms with Gasteiger partial charge in [-0.05, 0) is 5.41 Å². The van der Waals surface area contributed by atoms with Gasteiger partial charge in [-0.2, -0.15) is 0 Å². The minimum atomic E-state index is -1.12. The second-order valence-corrected chi connectivity index (χ2v) is 5.20. The number of aliphatic hydroxyl groups is 3. The topological polar surface area (TPSA) is 95.9 Å². The maximum absolute atomic E-state index is 9.72. The van der Waals surface area contributed by atoms with Crippen LogP contribution in [0.25, 0.3) is 0 Å². The summed E-state index contributed by atoms with van der Waals surface area (Å²) >= 11 is 0. The van der Waals surface area contributed by atoms with E-state index in [1.165, 1.54) is 0 Å². The van der Waals surface area contributed by atoms with Gasteiger partial charge in [-0.1, -0.05) is 20.8 Å². The van der Waals surface area contributed by atoms with Gasteiger partial charge in [0.05, 0.1) is 18.8 Å². The summed E-state index contributed by atoms with van der Waals surface area (Å²) in [5.74, 6) is 0. The van der Waals surface area contributed by atoms with Crippen molar-refractivity contribution in [1.29, 1.82) is 0 Å². The normalized spacial score (nSPS) is 43.0. The SMILES string of the molecule is CC(C)(C)[C@@H]1OC(CO)[C@H](O)C(O)[C@H]1N. The van der Waals surface area contributed by atoms with Gasteiger partial charge < -0.3 is 25.8 Å². The Bertz CT molecular complexity index is 214. The molecule has 1 saturated heterocycles. The summed E-state index contributed by atoms with van der Waals surface area (Å²) in [5.41, 5.74) is 5.56. The minimum Gasteiger partial charge on any atom is -0.394 e. The van der Waals surface area contributed by atoms with Gasteiger partial charge in [-0.15, -0.1) is 0 Å². The van der Waals surface area contributed by atoms with Crippen molar-refractivity contribution in [2.24, 2.45) is 11.1 Å². The van der Waals surface area contributed by atoms with Crippen LogP contribution in [-0.4, -0.2) is 52.4 Å². The first-order chi connectivity index (χ1) is 6.79. The van der Waals surface area contributed by atoms with E-state index in [4.69, 9.17) is 15.6 Å². The molecule has 0 aromatic rings. The van der Waals surface area contributed by atoms with Gasteiger partial charge in [0, 0.05) is 0 Å². The maximum Gasteiger partial charge on any atom is 0.110 e. The Balaban J connectivity index is 2.83. The third kappa shape index (κ3) is 2.49. The highest BCUT2D eigenvalue weighted by Crippen LogP contribution is 2.31. The van der Waals surface area contributed by atoms with E-state index in [-0.39, 0.29) is 18.1 Å². The number of hydrogen-bond donors (Lipinski definition) is 4. The van der Waals surface area contributed by atoms with Crippen molar-refractivity contribution >= 4 is 0 Å². The smallest absolute Gasteiger partial charge is 0.110 e. The van der Waals surface area contributed by atoms with E-state index in [0.717, 1.165) is 0 Å². The fourth-order valence-electron chi connectivity index (χ4n) is 1.92. The molecule has 0 saturated carbocycles. The predicted molar refractivity (Wildman–Crippen MR) is 55.2 cm³/mol. The molecule has 0 aliphatic carbocycles. The number of ether oxygens (including phenoxy) is 1. The second kappa shape index (κ2) is 4.35.